The Balaban J connectivity index is 1.50. The van der Waals surface area contributed by atoms with Crippen molar-refractivity contribution in [1.29, 1.82) is 0 Å². The molecule has 0 saturated carbocycles. The van der Waals surface area contributed by atoms with Gasteiger partial charge in [-0.25, -0.2) is 4.90 Å². The fraction of sp³-hybridized carbons (Fsp3) is 0.0882. The van der Waals surface area contributed by atoms with E-state index in [1.165, 1.54) is 4.90 Å². The Labute approximate surface area is 226 Å². The number of imide groups is 1. The standard InChI is InChI=1S/C34H25N3O2/c1-20-16-21(2)32(22(3)17-20)37-33(38)27-10-6-12-29(31(27)34(37)39)36-28-11-5-4-9-25(28)26-14-13-23(18-30(26)36)24-8-7-15-35-19-24/h4-19H,1-3H3. The molecule has 0 unspecified atom stereocenters. The smallest absolute Gasteiger partial charge is 0.268 e. The van der Waals surface area contributed by atoms with Gasteiger partial charge >= 0.3 is 0 Å². The first-order valence-electron chi connectivity index (χ1n) is 13.0. The third-order valence-corrected chi connectivity index (χ3v) is 7.66. The maximum Gasteiger partial charge on any atom is 0.268 e. The highest BCUT2D eigenvalue weighted by Gasteiger charge is 2.40. The molecule has 0 radical (unpaired) electrons. The molecule has 0 saturated heterocycles. The van der Waals surface area contributed by atoms with E-state index in [4.69, 9.17) is 0 Å². The molecule has 5 heteroatoms. The van der Waals surface area contributed by atoms with Crippen LogP contribution < -0.4 is 4.90 Å². The largest absolute Gasteiger partial charge is 0.308 e. The summed E-state index contributed by atoms with van der Waals surface area (Å²) in [5.74, 6) is -0.585. The third-order valence-electron chi connectivity index (χ3n) is 7.66. The zero-order valence-electron chi connectivity index (χ0n) is 21.9. The van der Waals surface area contributed by atoms with E-state index in [-0.39, 0.29) is 11.8 Å². The van der Waals surface area contributed by atoms with Crippen LogP contribution in [0.25, 0.3) is 38.6 Å². The summed E-state index contributed by atoms with van der Waals surface area (Å²) in [6.45, 7) is 5.92. The highest BCUT2D eigenvalue weighted by molar-refractivity contribution is 6.36. The van der Waals surface area contributed by atoms with Gasteiger partial charge < -0.3 is 4.57 Å². The molecule has 39 heavy (non-hydrogen) atoms. The van der Waals surface area contributed by atoms with Gasteiger partial charge in [0.1, 0.15) is 0 Å². The Morgan fingerprint density at radius 1 is 0.667 bits per heavy atom. The van der Waals surface area contributed by atoms with Crippen molar-refractivity contribution in [2.45, 2.75) is 20.8 Å². The summed E-state index contributed by atoms with van der Waals surface area (Å²) in [7, 11) is 0. The number of hydrogen-bond acceptors (Lipinski definition) is 3. The van der Waals surface area contributed by atoms with Gasteiger partial charge in [0.2, 0.25) is 0 Å². The maximum atomic E-state index is 14.2. The van der Waals surface area contributed by atoms with E-state index in [2.05, 4.69) is 39.9 Å². The molecule has 3 heterocycles. The molecule has 188 valence electrons. The van der Waals surface area contributed by atoms with Crippen molar-refractivity contribution in [2.75, 3.05) is 4.90 Å². The fourth-order valence-electron chi connectivity index (χ4n) is 6.13. The summed E-state index contributed by atoms with van der Waals surface area (Å²) in [4.78, 5) is 33.6. The topological polar surface area (TPSA) is 55.2 Å². The first kappa shape index (κ1) is 23.1. The minimum atomic E-state index is -0.296. The fourth-order valence-corrected chi connectivity index (χ4v) is 6.13. The summed E-state index contributed by atoms with van der Waals surface area (Å²) in [6.07, 6.45) is 3.61. The van der Waals surface area contributed by atoms with Gasteiger partial charge in [-0.3, -0.25) is 14.6 Å². The Hall–Kier alpha value is -5.03. The molecule has 1 aliphatic heterocycles. The molecule has 0 bridgehead atoms. The Morgan fingerprint density at radius 3 is 2.21 bits per heavy atom. The van der Waals surface area contributed by atoms with Crippen molar-refractivity contribution in [3.05, 3.63) is 125 Å². The number of benzene rings is 4. The van der Waals surface area contributed by atoms with Crippen LogP contribution >= 0.6 is 0 Å². The summed E-state index contributed by atoms with van der Waals surface area (Å²) < 4.78 is 2.12. The average molecular weight is 508 g/mol. The lowest BCUT2D eigenvalue weighted by Crippen LogP contribution is -2.31. The van der Waals surface area contributed by atoms with Gasteiger partial charge in [0.05, 0.1) is 33.5 Å². The molecule has 0 aliphatic carbocycles. The number of para-hydroxylation sites is 1. The molecule has 2 aromatic heterocycles. The zero-order valence-corrected chi connectivity index (χ0v) is 21.9. The van der Waals surface area contributed by atoms with Gasteiger partial charge in [-0.2, -0.15) is 0 Å². The van der Waals surface area contributed by atoms with Gasteiger partial charge in [-0.15, -0.1) is 0 Å². The predicted octanol–water partition coefficient (Wildman–Crippen LogP) is 7.57. The number of hydrogen-bond donors (Lipinski definition) is 0. The second-order valence-corrected chi connectivity index (χ2v) is 10.2. The van der Waals surface area contributed by atoms with Gasteiger partial charge in [0.15, 0.2) is 0 Å². The molecule has 4 aromatic carbocycles. The van der Waals surface area contributed by atoms with Crippen LogP contribution in [0.3, 0.4) is 0 Å². The van der Waals surface area contributed by atoms with Crippen LogP contribution in [0.5, 0.6) is 0 Å². The Morgan fingerprint density at radius 2 is 1.44 bits per heavy atom. The van der Waals surface area contributed by atoms with Crippen molar-refractivity contribution in [3.63, 3.8) is 0 Å². The van der Waals surface area contributed by atoms with E-state index in [0.717, 1.165) is 49.6 Å². The lowest BCUT2D eigenvalue weighted by Gasteiger charge is -2.20. The van der Waals surface area contributed by atoms with E-state index in [1.807, 2.05) is 75.5 Å². The molecular formula is C34H25N3O2. The van der Waals surface area contributed by atoms with Crippen LogP contribution in [0, 0.1) is 20.8 Å². The van der Waals surface area contributed by atoms with Crippen LogP contribution in [0.15, 0.2) is 97.3 Å². The summed E-state index contributed by atoms with van der Waals surface area (Å²) >= 11 is 0. The van der Waals surface area contributed by atoms with Gasteiger partial charge in [-0.05, 0) is 67.8 Å². The van der Waals surface area contributed by atoms with Crippen molar-refractivity contribution >= 4 is 39.3 Å². The first-order chi connectivity index (χ1) is 18.9. The molecule has 7 rings (SSSR count). The highest BCUT2D eigenvalue weighted by atomic mass is 16.2. The highest BCUT2D eigenvalue weighted by Crippen LogP contribution is 2.40. The van der Waals surface area contributed by atoms with Crippen LogP contribution in [-0.4, -0.2) is 21.4 Å². The first-order valence-corrected chi connectivity index (χ1v) is 13.0. The van der Waals surface area contributed by atoms with Crippen molar-refractivity contribution in [1.82, 2.24) is 9.55 Å². The van der Waals surface area contributed by atoms with Gasteiger partial charge in [0, 0.05) is 28.7 Å². The number of nitrogens with zero attached hydrogens (tertiary/aromatic N) is 3. The molecule has 0 spiro atoms. The number of pyridine rings is 1. The quantitative estimate of drug-likeness (QED) is 0.232. The molecule has 0 atom stereocenters. The molecule has 1 aliphatic rings. The SMILES string of the molecule is Cc1cc(C)c(N2C(=O)c3cccc(-n4c5ccccc5c5ccc(-c6cccnc6)cc54)c3C2=O)c(C)c1. The van der Waals surface area contributed by atoms with E-state index < -0.39 is 0 Å². The molecule has 0 N–H and O–H groups in total. The summed E-state index contributed by atoms with van der Waals surface area (Å²) in [5, 5.41) is 2.16. The number of amides is 2. The minimum Gasteiger partial charge on any atom is -0.308 e. The second-order valence-electron chi connectivity index (χ2n) is 10.2. The Kier molecular flexibility index (Phi) is 5.04. The lowest BCUT2D eigenvalue weighted by molar-refractivity contribution is 0.0925. The van der Waals surface area contributed by atoms with Crippen LogP contribution in [0.4, 0.5) is 5.69 Å². The molecule has 6 aromatic rings. The normalized spacial score (nSPS) is 13.1. The van der Waals surface area contributed by atoms with Crippen molar-refractivity contribution in [2.24, 2.45) is 0 Å². The molecule has 2 amide bonds. The predicted molar refractivity (Wildman–Crippen MR) is 156 cm³/mol. The average Bonchev–Trinajstić information content (AvgIpc) is 3.40. The van der Waals surface area contributed by atoms with Crippen molar-refractivity contribution in [3.8, 4) is 16.8 Å². The molecular weight excluding hydrogens is 482 g/mol. The number of anilines is 1. The number of carbonyl (C=O) groups excluding carboxylic acids is 2. The number of aromatic nitrogens is 2. The summed E-state index contributed by atoms with van der Waals surface area (Å²) in [6, 6.07) is 28.1. The molecule has 0 fully saturated rings. The van der Waals surface area contributed by atoms with E-state index in [9.17, 15) is 9.59 Å². The van der Waals surface area contributed by atoms with E-state index in [1.54, 1.807) is 12.3 Å². The van der Waals surface area contributed by atoms with Gasteiger partial charge in [0.25, 0.3) is 11.8 Å². The van der Waals surface area contributed by atoms with E-state index >= 15 is 0 Å². The molecule has 5 nitrogen and oxygen atoms in total. The number of rotatable bonds is 3. The number of fused-ring (bicyclic) bond motifs is 4. The second kappa shape index (κ2) is 8.50. The third kappa shape index (κ3) is 3.36. The Bertz CT molecular complexity index is 1960. The van der Waals surface area contributed by atoms with Crippen LogP contribution in [0.2, 0.25) is 0 Å². The van der Waals surface area contributed by atoms with E-state index in [0.29, 0.717) is 22.5 Å². The van der Waals surface area contributed by atoms with Crippen LogP contribution in [0.1, 0.15) is 37.4 Å². The zero-order chi connectivity index (χ0) is 26.8. The summed E-state index contributed by atoms with van der Waals surface area (Å²) in [5.41, 5.74) is 9.10. The minimum absolute atomic E-state index is 0.288. The van der Waals surface area contributed by atoms with Crippen molar-refractivity contribution < 1.29 is 9.59 Å². The number of aryl methyl sites for hydroxylation is 3. The maximum absolute atomic E-state index is 14.2. The lowest BCUT2D eigenvalue weighted by atomic mass is 10.0. The van der Waals surface area contributed by atoms with Gasteiger partial charge in [-0.1, -0.05) is 60.2 Å². The monoisotopic (exact) mass is 507 g/mol. The number of carbonyl (C=O) groups is 2. The van der Waals surface area contributed by atoms with Crippen LogP contribution in [-0.2, 0) is 0 Å².